The molecule has 1 heterocycles. The molecule has 0 unspecified atom stereocenters. The third-order valence-electron chi connectivity index (χ3n) is 2.41. The Morgan fingerprint density at radius 2 is 1.71 bits per heavy atom. The predicted molar refractivity (Wildman–Crippen MR) is 51.8 cm³/mol. The van der Waals surface area contributed by atoms with Gasteiger partial charge >= 0.3 is 7.82 Å². The predicted octanol–water partition coefficient (Wildman–Crippen LogP) is -3.06. The summed E-state index contributed by atoms with van der Waals surface area (Å²) in [6, 6.07) is 0. The van der Waals surface area contributed by atoms with E-state index in [4.69, 9.17) is 15.1 Å². The van der Waals surface area contributed by atoms with E-state index in [0.717, 1.165) is 0 Å². The summed E-state index contributed by atoms with van der Waals surface area (Å²) in [5, 5.41) is 46.4. The van der Waals surface area contributed by atoms with Crippen molar-refractivity contribution < 1.29 is 44.0 Å². The molecule has 9 nitrogen and oxygen atoms in total. The van der Waals surface area contributed by atoms with Crippen molar-refractivity contribution in [3.8, 4) is 0 Å². The Morgan fingerprint density at radius 1 is 1.24 bits per heavy atom. The second-order valence-corrected chi connectivity index (χ2v) is 5.26. The minimum Gasteiger partial charge on any atom is -0.394 e. The first-order valence-corrected chi connectivity index (χ1v) is 6.21. The van der Waals surface area contributed by atoms with Crippen LogP contribution in [0.2, 0.25) is 0 Å². The molecule has 1 rings (SSSR count). The lowest BCUT2D eigenvalue weighted by molar-refractivity contribution is -0.195. The van der Waals surface area contributed by atoms with Crippen molar-refractivity contribution in [2.24, 2.45) is 0 Å². The summed E-state index contributed by atoms with van der Waals surface area (Å²) >= 11 is 0. The standard InChI is InChI=1S/C7H15O9P/c8-1-4(9)5(10)6(11)7(12)2-15-17(13,14)16-3-7/h4-6,8-12H,1-3H2,(H,13,14)/t4-,5+,6-/m0/s1. The molecule has 0 aromatic heterocycles. The number of rotatable bonds is 4. The molecule has 0 spiro atoms. The zero-order valence-corrected chi connectivity index (χ0v) is 9.60. The molecule has 0 aliphatic carbocycles. The van der Waals surface area contributed by atoms with Gasteiger partial charge < -0.3 is 30.4 Å². The van der Waals surface area contributed by atoms with Crippen molar-refractivity contribution in [3.05, 3.63) is 0 Å². The maximum absolute atomic E-state index is 10.9. The largest absolute Gasteiger partial charge is 0.472 e. The molecule has 0 aromatic carbocycles. The quantitative estimate of drug-likeness (QED) is 0.293. The fraction of sp³-hybridized carbons (Fsp3) is 1.00. The van der Waals surface area contributed by atoms with E-state index < -0.39 is 51.6 Å². The lowest BCUT2D eigenvalue weighted by Crippen LogP contribution is -2.59. The van der Waals surface area contributed by atoms with Gasteiger partial charge in [0.25, 0.3) is 0 Å². The number of hydrogen-bond acceptors (Lipinski definition) is 8. The van der Waals surface area contributed by atoms with Crippen molar-refractivity contribution in [1.29, 1.82) is 0 Å². The van der Waals surface area contributed by atoms with Crippen molar-refractivity contribution in [3.63, 3.8) is 0 Å². The first kappa shape index (κ1) is 15.0. The first-order valence-electron chi connectivity index (χ1n) is 4.71. The van der Waals surface area contributed by atoms with E-state index in [0.29, 0.717) is 0 Å². The molecule has 0 amide bonds. The molecule has 10 heteroatoms. The highest BCUT2D eigenvalue weighted by Gasteiger charge is 2.48. The molecular weight excluding hydrogens is 259 g/mol. The van der Waals surface area contributed by atoms with Crippen LogP contribution in [0.5, 0.6) is 0 Å². The number of phosphoric ester groups is 1. The third-order valence-corrected chi connectivity index (χ3v) is 3.32. The minimum atomic E-state index is -4.23. The Hall–Kier alpha value is -0.0900. The monoisotopic (exact) mass is 274 g/mol. The van der Waals surface area contributed by atoms with Gasteiger partial charge in [-0.3, -0.25) is 9.05 Å². The number of aliphatic hydroxyl groups is 5. The van der Waals surface area contributed by atoms with Gasteiger partial charge in [-0.2, -0.15) is 0 Å². The molecule has 102 valence electrons. The Labute approximate surface area is 96.5 Å². The van der Waals surface area contributed by atoms with E-state index in [1.54, 1.807) is 0 Å². The molecule has 0 radical (unpaired) electrons. The first-order chi connectivity index (χ1) is 7.72. The average molecular weight is 274 g/mol. The Morgan fingerprint density at radius 3 is 2.12 bits per heavy atom. The van der Waals surface area contributed by atoms with Gasteiger partial charge in [-0.25, -0.2) is 4.57 Å². The van der Waals surface area contributed by atoms with Crippen LogP contribution in [0.15, 0.2) is 0 Å². The molecule has 3 atom stereocenters. The molecule has 1 aliphatic heterocycles. The van der Waals surface area contributed by atoms with Crippen LogP contribution in [0.25, 0.3) is 0 Å². The second-order valence-electron chi connectivity index (χ2n) is 3.80. The molecule has 1 aliphatic rings. The average Bonchev–Trinajstić information content (AvgIpc) is 2.30. The second kappa shape index (κ2) is 5.27. The van der Waals surface area contributed by atoms with Crippen LogP contribution in [0, 0.1) is 0 Å². The van der Waals surface area contributed by atoms with Gasteiger partial charge in [-0.1, -0.05) is 0 Å². The van der Waals surface area contributed by atoms with Gasteiger partial charge in [0.1, 0.15) is 23.9 Å². The summed E-state index contributed by atoms with van der Waals surface area (Å²) in [7, 11) is -4.23. The zero-order chi connectivity index (χ0) is 13.3. The molecule has 1 saturated heterocycles. The number of aliphatic hydroxyl groups excluding tert-OH is 4. The maximum atomic E-state index is 10.9. The summed E-state index contributed by atoms with van der Waals surface area (Å²) in [5.74, 6) is 0. The highest BCUT2D eigenvalue weighted by Crippen LogP contribution is 2.48. The SMILES string of the molecule is O=P1(O)OCC(O)([C@@H](O)[C@H](O)[C@@H](O)CO)CO1. The zero-order valence-electron chi connectivity index (χ0n) is 8.71. The molecule has 1 fully saturated rings. The summed E-state index contributed by atoms with van der Waals surface area (Å²) in [6.45, 7) is -2.33. The van der Waals surface area contributed by atoms with Crippen LogP contribution >= 0.6 is 7.82 Å². The van der Waals surface area contributed by atoms with Gasteiger partial charge in [0.05, 0.1) is 19.8 Å². The number of hydrogen-bond donors (Lipinski definition) is 6. The fourth-order valence-corrected chi connectivity index (χ4v) is 2.12. The highest BCUT2D eigenvalue weighted by molar-refractivity contribution is 7.47. The van der Waals surface area contributed by atoms with Crippen molar-refractivity contribution in [1.82, 2.24) is 0 Å². The topological polar surface area (TPSA) is 157 Å². The van der Waals surface area contributed by atoms with Gasteiger partial charge in [-0.05, 0) is 0 Å². The van der Waals surface area contributed by atoms with Crippen molar-refractivity contribution >= 4 is 7.82 Å². The molecular formula is C7H15O9P. The van der Waals surface area contributed by atoms with Gasteiger partial charge in [0.15, 0.2) is 0 Å². The molecule has 6 N–H and O–H groups in total. The molecule has 17 heavy (non-hydrogen) atoms. The Kier molecular flexibility index (Phi) is 4.64. The normalized spacial score (nSPS) is 39.6. The Balaban J connectivity index is 2.69. The van der Waals surface area contributed by atoms with Gasteiger partial charge in [-0.15, -0.1) is 0 Å². The molecule has 0 saturated carbocycles. The van der Waals surface area contributed by atoms with E-state index in [1.807, 2.05) is 0 Å². The lowest BCUT2D eigenvalue weighted by atomic mass is 9.92. The highest BCUT2D eigenvalue weighted by atomic mass is 31.2. The maximum Gasteiger partial charge on any atom is 0.472 e. The minimum absolute atomic E-state index is 0.753. The molecule has 0 aromatic rings. The summed E-state index contributed by atoms with van der Waals surface area (Å²) in [4.78, 5) is 8.85. The van der Waals surface area contributed by atoms with Crippen LogP contribution in [0.3, 0.4) is 0 Å². The fourth-order valence-electron chi connectivity index (χ4n) is 1.27. The molecule has 0 bridgehead atoms. The summed E-state index contributed by atoms with van der Waals surface area (Å²) in [6.07, 6.45) is -5.43. The summed E-state index contributed by atoms with van der Waals surface area (Å²) < 4.78 is 19.4. The lowest BCUT2D eigenvalue weighted by Gasteiger charge is -2.39. The van der Waals surface area contributed by atoms with E-state index in [9.17, 15) is 19.9 Å². The van der Waals surface area contributed by atoms with E-state index >= 15 is 0 Å². The Bertz CT molecular complexity index is 296. The van der Waals surface area contributed by atoms with Crippen LogP contribution in [-0.4, -0.2) is 74.2 Å². The van der Waals surface area contributed by atoms with E-state index in [1.165, 1.54) is 0 Å². The van der Waals surface area contributed by atoms with E-state index in [2.05, 4.69) is 9.05 Å². The van der Waals surface area contributed by atoms with Crippen molar-refractivity contribution in [2.45, 2.75) is 23.9 Å². The number of phosphoric acid groups is 1. The van der Waals surface area contributed by atoms with Crippen LogP contribution in [-0.2, 0) is 13.6 Å². The summed E-state index contributed by atoms with van der Waals surface area (Å²) in [5.41, 5.74) is -2.15. The van der Waals surface area contributed by atoms with Gasteiger partial charge in [0, 0.05) is 0 Å². The van der Waals surface area contributed by atoms with Crippen LogP contribution in [0.1, 0.15) is 0 Å². The van der Waals surface area contributed by atoms with Gasteiger partial charge in [0.2, 0.25) is 0 Å². The smallest absolute Gasteiger partial charge is 0.394 e. The van der Waals surface area contributed by atoms with Crippen LogP contribution in [0.4, 0.5) is 0 Å². The van der Waals surface area contributed by atoms with Crippen LogP contribution < -0.4 is 0 Å². The van der Waals surface area contributed by atoms with Crippen molar-refractivity contribution in [2.75, 3.05) is 19.8 Å². The van der Waals surface area contributed by atoms with E-state index in [-0.39, 0.29) is 0 Å². The third kappa shape index (κ3) is 3.44.